The molecule has 0 saturated carbocycles. The zero-order chi connectivity index (χ0) is 9.23. The number of methoxy groups -OCH3 is 1. The summed E-state index contributed by atoms with van der Waals surface area (Å²) in [5.41, 5.74) is 0. The van der Waals surface area contributed by atoms with Crippen LogP contribution in [-0.2, 0) is 4.74 Å². The van der Waals surface area contributed by atoms with Crippen molar-refractivity contribution in [2.24, 2.45) is 0 Å². The first-order valence-corrected chi connectivity index (χ1v) is 4.68. The fraction of sp³-hybridized carbons (Fsp3) is 0.800. The summed E-state index contributed by atoms with van der Waals surface area (Å²) in [5, 5.41) is 3.43. The Bertz CT molecular complexity index is 104. The normalized spacial score (nSPS) is 12.8. The second kappa shape index (κ2) is 8.75. The standard InChI is InChI=1S/C10H21NO/c1-4-6-7-8-11-10(5-2)9-12-3/h4,10-11H,1,5-9H2,2-3H3. The molecule has 0 aromatic heterocycles. The Hall–Kier alpha value is -0.340. The second-order valence-corrected chi connectivity index (χ2v) is 2.95. The second-order valence-electron chi connectivity index (χ2n) is 2.95. The fourth-order valence-corrected chi connectivity index (χ4v) is 1.07. The third-order valence-electron chi connectivity index (χ3n) is 1.88. The third kappa shape index (κ3) is 6.38. The van der Waals surface area contributed by atoms with Crippen molar-refractivity contribution in [3.63, 3.8) is 0 Å². The van der Waals surface area contributed by atoms with E-state index in [2.05, 4.69) is 18.8 Å². The first-order chi connectivity index (χ1) is 5.85. The Labute approximate surface area is 76.0 Å². The summed E-state index contributed by atoms with van der Waals surface area (Å²) in [6.07, 6.45) is 5.35. The Kier molecular flexibility index (Phi) is 8.51. The molecule has 1 N–H and O–H groups in total. The lowest BCUT2D eigenvalue weighted by Gasteiger charge is -2.15. The number of rotatable bonds is 8. The molecule has 0 radical (unpaired) electrons. The maximum absolute atomic E-state index is 5.07. The predicted octanol–water partition coefficient (Wildman–Crippen LogP) is 1.97. The minimum Gasteiger partial charge on any atom is -0.383 e. The van der Waals surface area contributed by atoms with Gasteiger partial charge in [-0.1, -0.05) is 13.0 Å². The molecule has 1 unspecified atom stereocenters. The van der Waals surface area contributed by atoms with Crippen molar-refractivity contribution in [3.05, 3.63) is 12.7 Å². The van der Waals surface area contributed by atoms with E-state index in [1.807, 2.05) is 6.08 Å². The van der Waals surface area contributed by atoms with E-state index in [9.17, 15) is 0 Å². The largest absolute Gasteiger partial charge is 0.383 e. The van der Waals surface area contributed by atoms with Crippen molar-refractivity contribution in [3.8, 4) is 0 Å². The van der Waals surface area contributed by atoms with Crippen LogP contribution in [0.2, 0.25) is 0 Å². The Morgan fingerprint density at radius 3 is 2.83 bits per heavy atom. The molecule has 0 saturated heterocycles. The van der Waals surface area contributed by atoms with Gasteiger partial charge in [0.1, 0.15) is 0 Å². The SMILES string of the molecule is C=CCCCNC(CC)COC. The summed E-state index contributed by atoms with van der Waals surface area (Å²) in [7, 11) is 1.74. The van der Waals surface area contributed by atoms with Crippen LogP contribution in [0, 0.1) is 0 Å². The highest BCUT2D eigenvalue weighted by Gasteiger charge is 2.02. The topological polar surface area (TPSA) is 21.3 Å². The molecule has 0 fully saturated rings. The molecule has 0 spiro atoms. The molecule has 0 aliphatic rings. The Balaban J connectivity index is 3.24. The molecular formula is C10H21NO. The summed E-state index contributed by atoms with van der Waals surface area (Å²) < 4.78 is 5.07. The lowest BCUT2D eigenvalue weighted by atomic mass is 10.2. The van der Waals surface area contributed by atoms with Crippen molar-refractivity contribution >= 4 is 0 Å². The van der Waals surface area contributed by atoms with Crippen molar-refractivity contribution in [2.75, 3.05) is 20.3 Å². The number of ether oxygens (including phenoxy) is 1. The summed E-state index contributed by atoms with van der Waals surface area (Å²) in [5.74, 6) is 0. The van der Waals surface area contributed by atoms with E-state index in [1.54, 1.807) is 7.11 Å². The summed E-state index contributed by atoms with van der Waals surface area (Å²) in [6.45, 7) is 7.73. The van der Waals surface area contributed by atoms with Crippen molar-refractivity contribution in [1.82, 2.24) is 5.32 Å². The van der Waals surface area contributed by atoms with Crippen molar-refractivity contribution in [1.29, 1.82) is 0 Å². The summed E-state index contributed by atoms with van der Waals surface area (Å²) in [6, 6.07) is 0.514. The van der Waals surface area contributed by atoms with Gasteiger partial charge in [0, 0.05) is 13.2 Å². The van der Waals surface area contributed by atoms with E-state index in [-0.39, 0.29) is 0 Å². The van der Waals surface area contributed by atoms with E-state index < -0.39 is 0 Å². The quantitative estimate of drug-likeness (QED) is 0.445. The molecule has 72 valence electrons. The average molecular weight is 171 g/mol. The molecule has 0 aromatic carbocycles. The molecule has 0 aliphatic carbocycles. The van der Waals surface area contributed by atoms with Gasteiger partial charge in [-0.3, -0.25) is 0 Å². The molecule has 2 heteroatoms. The van der Waals surface area contributed by atoms with Crippen LogP contribution >= 0.6 is 0 Å². The van der Waals surface area contributed by atoms with E-state index >= 15 is 0 Å². The van der Waals surface area contributed by atoms with E-state index in [0.717, 1.165) is 26.0 Å². The summed E-state index contributed by atoms with van der Waals surface area (Å²) in [4.78, 5) is 0. The van der Waals surface area contributed by atoms with Crippen molar-refractivity contribution < 1.29 is 4.74 Å². The smallest absolute Gasteiger partial charge is 0.0615 e. The highest BCUT2D eigenvalue weighted by Crippen LogP contribution is 1.93. The predicted molar refractivity (Wildman–Crippen MR) is 53.4 cm³/mol. The zero-order valence-electron chi connectivity index (χ0n) is 8.31. The maximum atomic E-state index is 5.07. The molecule has 12 heavy (non-hydrogen) atoms. The summed E-state index contributed by atoms with van der Waals surface area (Å²) >= 11 is 0. The van der Waals surface area contributed by atoms with Crippen LogP contribution in [0.5, 0.6) is 0 Å². The van der Waals surface area contributed by atoms with Gasteiger partial charge in [0.15, 0.2) is 0 Å². The van der Waals surface area contributed by atoms with Gasteiger partial charge in [-0.2, -0.15) is 0 Å². The van der Waals surface area contributed by atoms with Crippen LogP contribution in [0.1, 0.15) is 26.2 Å². The first kappa shape index (κ1) is 11.7. The Morgan fingerprint density at radius 1 is 1.58 bits per heavy atom. The van der Waals surface area contributed by atoms with Gasteiger partial charge in [-0.15, -0.1) is 6.58 Å². The third-order valence-corrected chi connectivity index (χ3v) is 1.88. The molecular weight excluding hydrogens is 150 g/mol. The number of hydrogen-bond donors (Lipinski definition) is 1. The molecule has 2 nitrogen and oxygen atoms in total. The number of unbranched alkanes of at least 4 members (excludes halogenated alkanes) is 1. The van der Waals surface area contributed by atoms with Gasteiger partial charge in [0.05, 0.1) is 6.61 Å². The minimum absolute atomic E-state index is 0.514. The van der Waals surface area contributed by atoms with E-state index in [4.69, 9.17) is 4.74 Å². The highest BCUT2D eigenvalue weighted by molar-refractivity contribution is 4.68. The maximum Gasteiger partial charge on any atom is 0.0615 e. The highest BCUT2D eigenvalue weighted by atomic mass is 16.5. The van der Waals surface area contributed by atoms with Gasteiger partial charge >= 0.3 is 0 Å². The van der Waals surface area contributed by atoms with Crippen LogP contribution < -0.4 is 5.32 Å². The van der Waals surface area contributed by atoms with E-state index in [1.165, 1.54) is 6.42 Å². The Morgan fingerprint density at radius 2 is 2.33 bits per heavy atom. The van der Waals surface area contributed by atoms with Crippen LogP contribution in [0.4, 0.5) is 0 Å². The van der Waals surface area contributed by atoms with Crippen molar-refractivity contribution in [2.45, 2.75) is 32.2 Å². The minimum atomic E-state index is 0.514. The lowest BCUT2D eigenvalue weighted by molar-refractivity contribution is 0.164. The molecule has 0 heterocycles. The molecule has 0 bridgehead atoms. The molecule has 0 amide bonds. The fourth-order valence-electron chi connectivity index (χ4n) is 1.07. The molecule has 1 atom stereocenters. The monoisotopic (exact) mass is 171 g/mol. The molecule has 0 aliphatic heterocycles. The zero-order valence-corrected chi connectivity index (χ0v) is 8.31. The van der Waals surface area contributed by atoms with Crippen LogP contribution in [0.15, 0.2) is 12.7 Å². The first-order valence-electron chi connectivity index (χ1n) is 4.68. The number of allylic oxidation sites excluding steroid dienone is 1. The molecule has 0 aromatic rings. The van der Waals surface area contributed by atoms with Gasteiger partial charge in [-0.05, 0) is 25.8 Å². The van der Waals surface area contributed by atoms with Crippen LogP contribution in [-0.4, -0.2) is 26.3 Å². The lowest BCUT2D eigenvalue weighted by Crippen LogP contribution is -2.33. The molecule has 0 rings (SSSR count). The average Bonchev–Trinajstić information content (AvgIpc) is 2.10. The van der Waals surface area contributed by atoms with E-state index in [0.29, 0.717) is 6.04 Å². The van der Waals surface area contributed by atoms with Gasteiger partial charge in [-0.25, -0.2) is 0 Å². The van der Waals surface area contributed by atoms with Gasteiger partial charge in [0.25, 0.3) is 0 Å². The van der Waals surface area contributed by atoms with Crippen LogP contribution in [0.25, 0.3) is 0 Å². The number of nitrogens with one attached hydrogen (secondary N) is 1. The van der Waals surface area contributed by atoms with Gasteiger partial charge < -0.3 is 10.1 Å². The number of hydrogen-bond acceptors (Lipinski definition) is 2. The van der Waals surface area contributed by atoms with Gasteiger partial charge in [0.2, 0.25) is 0 Å². The van der Waals surface area contributed by atoms with Crippen LogP contribution in [0.3, 0.4) is 0 Å².